The van der Waals surface area contributed by atoms with Crippen LogP contribution in [-0.4, -0.2) is 104 Å². The van der Waals surface area contributed by atoms with Crippen LogP contribution in [0, 0.1) is 0 Å². The van der Waals surface area contributed by atoms with Crippen molar-refractivity contribution in [1.29, 1.82) is 0 Å². The van der Waals surface area contributed by atoms with E-state index in [4.69, 9.17) is 51.4 Å². The summed E-state index contributed by atoms with van der Waals surface area (Å²) in [6.45, 7) is 9.02. The first kappa shape index (κ1) is 30.6. The zero-order valence-corrected chi connectivity index (χ0v) is 19.5. The Kier molecular flexibility index (Phi) is 23.9. The first-order valence-electron chi connectivity index (χ1n) is 11.6. The van der Waals surface area contributed by atoms with Crippen LogP contribution in [0.4, 0.5) is 0 Å². The van der Waals surface area contributed by atoms with E-state index in [1.165, 1.54) is 0 Å². The third-order valence-electron chi connectivity index (χ3n) is 4.22. The predicted molar refractivity (Wildman–Crippen MR) is 122 cm³/mol. The molecule has 8 N–H and O–H groups in total. The average Bonchev–Trinajstić information content (AvgIpc) is 2.77. The summed E-state index contributed by atoms with van der Waals surface area (Å²) in [7, 11) is 0. The highest BCUT2D eigenvalue weighted by Gasteiger charge is 2.14. The van der Waals surface area contributed by atoms with Crippen LogP contribution in [0.1, 0.15) is 32.6 Å². The van der Waals surface area contributed by atoms with Crippen molar-refractivity contribution in [3.63, 3.8) is 0 Å². The van der Waals surface area contributed by atoms with Crippen LogP contribution in [0.3, 0.4) is 0 Å². The van der Waals surface area contributed by atoms with Crippen molar-refractivity contribution in [3.05, 3.63) is 0 Å². The highest BCUT2D eigenvalue weighted by Crippen LogP contribution is 2.03. The summed E-state index contributed by atoms with van der Waals surface area (Å²) in [6, 6.07) is 0. The van der Waals surface area contributed by atoms with Gasteiger partial charge in [0.15, 0.2) is 0 Å². The van der Waals surface area contributed by atoms with Crippen LogP contribution in [0.25, 0.3) is 0 Å². The van der Waals surface area contributed by atoms with E-state index in [9.17, 15) is 0 Å². The summed E-state index contributed by atoms with van der Waals surface area (Å²) < 4.78 is 34.5. The lowest BCUT2D eigenvalue weighted by Crippen LogP contribution is -2.32. The van der Waals surface area contributed by atoms with E-state index >= 15 is 0 Å². The highest BCUT2D eigenvalue weighted by atomic mass is 16.6. The third-order valence-corrected chi connectivity index (χ3v) is 4.22. The summed E-state index contributed by atoms with van der Waals surface area (Å²) in [5.41, 5.74) is 22.1. The molecule has 0 rings (SSSR count). The smallest absolute Gasteiger partial charge is 0.104 e. The average molecular weight is 453 g/mol. The molecule has 0 aromatic rings. The van der Waals surface area contributed by atoms with Gasteiger partial charge in [0.1, 0.15) is 12.2 Å². The molecule has 3 atom stereocenters. The Morgan fingerprint density at radius 2 is 0.903 bits per heavy atom. The van der Waals surface area contributed by atoms with Crippen molar-refractivity contribution in [1.82, 2.24) is 0 Å². The van der Waals surface area contributed by atoms with Crippen molar-refractivity contribution < 1.29 is 28.4 Å². The van der Waals surface area contributed by atoms with Gasteiger partial charge in [0.25, 0.3) is 0 Å². The van der Waals surface area contributed by atoms with Gasteiger partial charge in [-0.05, 0) is 58.8 Å². The molecular weight excluding hydrogens is 404 g/mol. The van der Waals surface area contributed by atoms with Crippen LogP contribution in [0.2, 0.25) is 0 Å². The minimum atomic E-state index is -0.143. The first-order valence-corrected chi connectivity index (χ1v) is 11.6. The second-order valence-electron chi connectivity index (χ2n) is 7.39. The van der Waals surface area contributed by atoms with Gasteiger partial charge < -0.3 is 51.4 Å². The van der Waals surface area contributed by atoms with Crippen molar-refractivity contribution in [2.75, 3.05) is 85.6 Å². The van der Waals surface area contributed by atoms with Gasteiger partial charge in [0.2, 0.25) is 0 Å². The molecule has 0 heterocycles. The summed E-state index contributed by atoms with van der Waals surface area (Å²) in [5, 5.41) is 0. The molecule has 0 fully saturated rings. The molecule has 0 aliphatic carbocycles. The molecule has 10 nitrogen and oxygen atoms in total. The Morgan fingerprint density at radius 3 is 1.39 bits per heavy atom. The Labute approximate surface area is 188 Å². The summed E-state index contributed by atoms with van der Waals surface area (Å²) >= 11 is 0. The van der Waals surface area contributed by atoms with E-state index in [0.717, 1.165) is 25.7 Å². The Balaban J connectivity index is 4.17. The normalized spacial score (nSPS) is 14.6. The molecule has 188 valence electrons. The number of hydrogen-bond acceptors (Lipinski definition) is 10. The Bertz CT molecular complexity index is 358. The van der Waals surface area contributed by atoms with Gasteiger partial charge in [-0.3, -0.25) is 0 Å². The predicted octanol–water partition coefficient (Wildman–Crippen LogP) is -0.393. The molecule has 0 saturated carbocycles. The molecule has 0 amide bonds. The van der Waals surface area contributed by atoms with Crippen molar-refractivity contribution in [2.45, 2.75) is 50.9 Å². The van der Waals surface area contributed by atoms with Gasteiger partial charge in [0, 0.05) is 26.4 Å². The fourth-order valence-electron chi connectivity index (χ4n) is 2.44. The molecular formula is C21H48N4O6. The SMILES string of the molecule is CC(COCC(COCCCN)OCCCN)OCC(COCCCN)OCCCN. The maximum atomic E-state index is 5.90. The topological polar surface area (TPSA) is 159 Å². The van der Waals surface area contributed by atoms with Crippen LogP contribution in [0.15, 0.2) is 0 Å². The van der Waals surface area contributed by atoms with E-state index in [2.05, 4.69) is 0 Å². The van der Waals surface area contributed by atoms with Gasteiger partial charge in [0.05, 0.1) is 39.1 Å². The Hall–Kier alpha value is -0.400. The molecule has 0 aliphatic rings. The zero-order chi connectivity index (χ0) is 23.0. The van der Waals surface area contributed by atoms with Gasteiger partial charge in [-0.15, -0.1) is 0 Å². The maximum Gasteiger partial charge on any atom is 0.104 e. The second kappa shape index (κ2) is 24.2. The van der Waals surface area contributed by atoms with Crippen LogP contribution >= 0.6 is 0 Å². The number of nitrogens with two attached hydrogens (primary N) is 4. The van der Waals surface area contributed by atoms with Crippen molar-refractivity contribution in [3.8, 4) is 0 Å². The third kappa shape index (κ3) is 21.2. The minimum absolute atomic E-state index is 0.0903. The van der Waals surface area contributed by atoms with Crippen molar-refractivity contribution in [2.24, 2.45) is 22.9 Å². The molecule has 31 heavy (non-hydrogen) atoms. The van der Waals surface area contributed by atoms with Crippen LogP contribution in [0.5, 0.6) is 0 Å². The maximum absolute atomic E-state index is 5.90. The molecule has 0 aromatic carbocycles. The van der Waals surface area contributed by atoms with Crippen molar-refractivity contribution >= 4 is 0 Å². The van der Waals surface area contributed by atoms with E-state index < -0.39 is 0 Å². The first-order chi connectivity index (χ1) is 15.2. The zero-order valence-electron chi connectivity index (χ0n) is 19.5. The largest absolute Gasteiger partial charge is 0.379 e. The van der Waals surface area contributed by atoms with Crippen LogP contribution in [-0.2, 0) is 28.4 Å². The van der Waals surface area contributed by atoms with E-state index in [-0.39, 0.29) is 18.3 Å². The highest BCUT2D eigenvalue weighted by molar-refractivity contribution is 4.61. The molecule has 0 bridgehead atoms. The molecule has 3 unspecified atom stereocenters. The summed E-state index contributed by atoms with van der Waals surface area (Å²) in [6.07, 6.45) is 2.88. The van der Waals surface area contributed by atoms with Gasteiger partial charge in [-0.2, -0.15) is 0 Å². The lowest BCUT2D eigenvalue weighted by Gasteiger charge is -2.22. The number of rotatable bonds is 25. The molecule has 0 saturated heterocycles. The molecule has 10 heteroatoms. The Morgan fingerprint density at radius 1 is 0.484 bits per heavy atom. The van der Waals surface area contributed by atoms with E-state index in [0.29, 0.717) is 85.6 Å². The fourth-order valence-corrected chi connectivity index (χ4v) is 2.44. The standard InChI is InChI=1S/C21H48N4O6/c1-19(31-18-21(30-13-5-9-25)16-27-11-3-7-23)14-28-17-20(29-12-4-8-24)15-26-10-2-6-22/h19-21H,2-18,22-25H2,1H3. The fraction of sp³-hybridized carbons (Fsp3) is 1.00. The lowest BCUT2D eigenvalue weighted by atomic mass is 10.3. The molecule has 0 aliphatic heterocycles. The van der Waals surface area contributed by atoms with E-state index in [1.807, 2.05) is 6.92 Å². The molecule has 0 radical (unpaired) electrons. The minimum Gasteiger partial charge on any atom is -0.379 e. The number of ether oxygens (including phenoxy) is 6. The van der Waals surface area contributed by atoms with E-state index in [1.54, 1.807) is 0 Å². The summed E-state index contributed by atoms with van der Waals surface area (Å²) in [5.74, 6) is 0. The monoisotopic (exact) mass is 452 g/mol. The second-order valence-corrected chi connectivity index (χ2v) is 7.39. The summed E-state index contributed by atoms with van der Waals surface area (Å²) in [4.78, 5) is 0. The van der Waals surface area contributed by atoms with Gasteiger partial charge in [-0.25, -0.2) is 0 Å². The molecule has 0 spiro atoms. The number of hydrogen-bond donors (Lipinski definition) is 4. The van der Waals surface area contributed by atoms with Gasteiger partial charge >= 0.3 is 0 Å². The van der Waals surface area contributed by atoms with Gasteiger partial charge in [-0.1, -0.05) is 0 Å². The lowest BCUT2D eigenvalue weighted by molar-refractivity contribution is -0.102. The quantitative estimate of drug-likeness (QED) is 0.134. The molecule has 0 aromatic heterocycles. The van der Waals surface area contributed by atoms with Crippen LogP contribution < -0.4 is 22.9 Å².